The highest BCUT2D eigenvalue weighted by atomic mass is 35.5. The maximum absolute atomic E-state index is 12.3. The first kappa shape index (κ1) is 18.5. The number of anilines is 1. The van der Waals surface area contributed by atoms with Gasteiger partial charge in [-0.1, -0.05) is 23.7 Å². The highest BCUT2D eigenvalue weighted by molar-refractivity contribution is 6.33. The number of rotatable bonds is 6. The second kappa shape index (κ2) is 8.34. The molecule has 0 aliphatic carbocycles. The van der Waals surface area contributed by atoms with Crippen molar-refractivity contribution < 1.29 is 18.8 Å². The Morgan fingerprint density at radius 2 is 1.96 bits per heavy atom. The largest absolute Gasteiger partial charge is 0.472 e. The van der Waals surface area contributed by atoms with Gasteiger partial charge in [-0.05, 0) is 25.1 Å². The van der Waals surface area contributed by atoms with Crippen molar-refractivity contribution in [1.29, 1.82) is 0 Å². The van der Waals surface area contributed by atoms with Crippen LogP contribution in [0.5, 0.6) is 0 Å². The average molecular weight is 364 g/mol. The lowest BCUT2D eigenvalue weighted by atomic mass is 10.2. The van der Waals surface area contributed by atoms with Crippen molar-refractivity contribution in [2.45, 2.75) is 13.0 Å². The topological polar surface area (TPSA) is 91.7 Å². The van der Waals surface area contributed by atoms with Crippen LogP contribution in [0.2, 0.25) is 5.02 Å². The molecular formula is C17H18ClN3O4. The van der Waals surface area contributed by atoms with Crippen molar-refractivity contribution in [3.63, 3.8) is 0 Å². The van der Waals surface area contributed by atoms with E-state index in [2.05, 4.69) is 10.6 Å². The zero-order valence-electron chi connectivity index (χ0n) is 13.8. The molecule has 1 unspecified atom stereocenters. The predicted octanol–water partition coefficient (Wildman–Crippen LogP) is 2.15. The van der Waals surface area contributed by atoms with Crippen LogP contribution in [0.1, 0.15) is 17.3 Å². The number of nitrogens with one attached hydrogen (secondary N) is 2. The Morgan fingerprint density at radius 3 is 2.60 bits per heavy atom. The lowest BCUT2D eigenvalue weighted by Gasteiger charge is -2.21. The Balaban J connectivity index is 1.87. The molecule has 0 saturated carbocycles. The molecule has 8 heteroatoms. The van der Waals surface area contributed by atoms with Crippen LogP contribution in [0.3, 0.4) is 0 Å². The number of halogens is 1. The molecule has 1 aromatic heterocycles. The van der Waals surface area contributed by atoms with Crippen LogP contribution in [-0.2, 0) is 9.59 Å². The van der Waals surface area contributed by atoms with Crippen LogP contribution in [0, 0.1) is 0 Å². The summed E-state index contributed by atoms with van der Waals surface area (Å²) in [6.07, 6.45) is 2.65. The molecule has 1 aromatic carbocycles. The highest BCUT2D eigenvalue weighted by Gasteiger charge is 2.22. The Morgan fingerprint density at radius 1 is 1.24 bits per heavy atom. The van der Waals surface area contributed by atoms with Gasteiger partial charge in [0.2, 0.25) is 11.8 Å². The highest BCUT2D eigenvalue weighted by Crippen LogP contribution is 2.20. The van der Waals surface area contributed by atoms with E-state index < -0.39 is 23.8 Å². The molecule has 0 spiro atoms. The first-order valence-electron chi connectivity index (χ1n) is 7.51. The van der Waals surface area contributed by atoms with Gasteiger partial charge in [0, 0.05) is 7.05 Å². The normalized spacial score (nSPS) is 11.5. The minimum absolute atomic E-state index is 0.171. The minimum Gasteiger partial charge on any atom is -0.472 e. The Bertz CT molecular complexity index is 761. The van der Waals surface area contributed by atoms with Gasteiger partial charge in [-0.15, -0.1) is 0 Å². The van der Waals surface area contributed by atoms with E-state index in [1.165, 1.54) is 30.5 Å². The zero-order chi connectivity index (χ0) is 18.4. The van der Waals surface area contributed by atoms with Crippen LogP contribution in [-0.4, -0.2) is 42.3 Å². The van der Waals surface area contributed by atoms with Gasteiger partial charge in [0.25, 0.3) is 5.91 Å². The Labute approximate surface area is 149 Å². The average Bonchev–Trinajstić information content (AvgIpc) is 3.10. The molecule has 1 heterocycles. The van der Waals surface area contributed by atoms with Crippen molar-refractivity contribution in [2.75, 3.05) is 18.9 Å². The zero-order valence-corrected chi connectivity index (χ0v) is 14.5. The molecule has 132 valence electrons. The molecule has 0 saturated heterocycles. The summed E-state index contributed by atoms with van der Waals surface area (Å²) in [5.41, 5.74) is 0.787. The number of benzene rings is 1. The number of amides is 3. The van der Waals surface area contributed by atoms with Crippen LogP contribution < -0.4 is 10.6 Å². The monoisotopic (exact) mass is 363 g/mol. The van der Waals surface area contributed by atoms with Crippen molar-refractivity contribution in [3.05, 3.63) is 53.4 Å². The fourth-order valence-electron chi connectivity index (χ4n) is 2.11. The molecule has 7 nitrogen and oxygen atoms in total. The molecule has 0 fully saturated rings. The number of carbonyl (C=O) groups is 3. The second-order valence-corrected chi connectivity index (χ2v) is 5.84. The van der Waals surface area contributed by atoms with E-state index >= 15 is 0 Å². The summed E-state index contributed by atoms with van der Waals surface area (Å²) in [5.74, 6) is -1.22. The number of carbonyl (C=O) groups excluding carboxylic acids is 3. The fraction of sp³-hybridized carbons (Fsp3) is 0.235. The minimum atomic E-state index is -0.791. The summed E-state index contributed by atoms with van der Waals surface area (Å²) in [7, 11) is 1.48. The number of hydrogen-bond acceptors (Lipinski definition) is 4. The third-order valence-electron chi connectivity index (χ3n) is 3.41. The Hall–Kier alpha value is -2.80. The maximum Gasteiger partial charge on any atom is 0.255 e. The molecule has 25 heavy (non-hydrogen) atoms. The van der Waals surface area contributed by atoms with E-state index in [9.17, 15) is 14.4 Å². The molecule has 3 amide bonds. The molecule has 1 atom stereocenters. The molecular weight excluding hydrogens is 346 g/mol. The second-order valence-electron chi connectivity index (χ2n) is 5.43. The van der Waals surface area contributed by atoms with Gasteiger partial charge in [-0.25, -0.2) is 0 Å². The molecule has 2 aromatic rings. The van der Waals surface area contributed by atoms with Gasteiger partial charge in [-0.2, -0.15) is 0 Å². The van der Waals surface area contributed by atoms with Gasteiger partial charge in [0.05, 0.1) is 29.1 Å². The van der Waals surface area contributed by atoms with Crippen LogP contribution in [0.4, 0.5) is 5.69 Å². The van der Waals surface area contributed by atoms with Crippen molar-refractivity contribution >= 4 is 35.0 Å². The lowest BCUT2D eigenvalue weighted by molar-refractivity contribution is -0.134. The molecule has 0 aliphatic heterocycles. The number of nitrogens with zero attached hydrogens (tertiary/aromatic N) is 1. The quantitative estimate of drug-likeness (QED) is 0.822. The van der Waals surface area contributed by atoms with E-state index in [1.807, 2.05) is 0 Å². The third kappa shape index (κ3) is 5.09. The maximum atomic E-state index is 12.3. The van der Waals surface area contributed by atoms with Crippen LogP contribution in [0.25, 0.3) is 0 Å². The molecule has 0 bridgehead atoms. The van der Waals surface area contributed by atoms with Gasteiger partial charge >= 0.3 is 0 Å². The first-order chi connectivity index (χ1) is 11.9. The summed E-state index contributed by atoms with van der Waals surface area (Å²) in [6.45, 7) is 1.37. The van der Waals surface area contributed by atoms with E-state index in [4.69, 9.17) is 16.0 Å². The number of likely N-dealkylation sites (N-methyl/N-ethyl adjacent to an activating group) is 1. The van der Waals surface area contributed by atoms with Crippen molar-refractivity contribution in [1.82, 2.24) is 10.2 Å². The molecule has 0 aliphatic rings. The van der Waals surface area contributed by atoms with Gasteiger partial charge in [0.1, 0.15) is 12.3 Å². The predicted molar refractivity (Wildman–Crippen MR) is 93.4 cm³/mol. The van der Waals surface area contributed by atoms with Crippen LogP contribution in [0.15, 0.2) is 47.3 Å². The van der Waals surface area contributed by atoms with Crippen molar-refractivity contribution in [2.24, 2.45) is 0 Å². The molecule has 2 rings (SSSR count). The number of furan rings is 1. The summed E-state index contributed by atoms with van der Waals surface area (Å²) in [6, 6.07) is 7.50. The van der Waals surface area contributed by atoms with Gasteiger partial charge in [0.15, 0.2) is 0 Å². The number of hydrogen-bond donors (Lipinski definition) is 2. The summed E-state index contributed by atoms with van der Waals surface area (Å²) >= 11 is 5.97. The lowest BCUT2D eigenvalue weighted by Crippen LogP contribution is -2.47. The fourth-order valence-corrected chi connectivity index (χ4v) is 2.29. The van der Waals surface area contributed by atoms with Gasteiger partial charge < -0.3 is 20.0 Å². The summed E-state index contributed by atoms with van der Waals surface area (Å²) in [4.78, 5) is 37.5. The first-order valence-corrected chi connectivity index (χ1v) is 7.88. The SMILES string of the molecule is CC(NC(=O)c1ccoc1)C(=O)N(C)CC(=O)Nc1ccccc1Cl. The van der Waals surface area contributed by atoms with Gasteiger partial charge in [-0.3, -0.25) is 14.4 Å². The molecule has 2 N–H and O–H groups in total. The third-order valence-corrected chi connectivity index (χ3v) is 3.74. The Kier molecular flexibility index (Phi) is 6.19. The summed E-state index contributed by atoms with van der Waals surface area (Å²) < 4.78 is 4.82. The van der Waals surface area contributed by atoms with E-state index in [-0.39, 0.29) is 6.54 Å². The molecule has 0 radical (unpaired) electrons. The van der Waals surface area contributed by atoms with Crippen molar-refractivity contribution in [3.8, 4) is 0 Å². The van der Waals surface area contributed by atoms with E-state index in [0.717, 1.165) is 0 Å². The van der Waals surface area contributed by atoms with Crippen LogP contribution >= 0.6 is 11.6 Å². The number of para-hydroxylation sites is 1. The smallest absolute Gasteiger partial charge is 0.255 e. The van der Waals surface area contributed by atoms with E-state index in [0.29, 0.717) is 16.3 Å². The standard InChI is InChI=1S/C17H18ClN3O4/c1-11(19-16(23)12-7-8-25-10-12)17(24)21(2)9-15(22)20-14-6-4-3-5-13(14)18/h3-8,10-11H,9H2,1-2H3,(H,19,23)(H,20,22). The summed E-state index contributed by atoms with van der Waals surface area (Å²) in [5, 5.41) is 5.59. The van der Waals surface area contributed by atoms with E-state index in [1.54, 1.807) is 31.2 Å².